The van der Waals surface area contributed by atoms with Crippen LogP contribution in [0.3, 0.4) is 0 Å². The monoisotopic (exact) mass is 226 g/mol. The van der Waals surface area contributed by atoms with Gasteiger partial charge in [-0.15, -0.1) is 0 Å². The zero-order chi connectivity index (χ0) is 11.7. The van der Waals surface area contributed by atoms with Gasteiger partial charge in [-0.05, 0) is 4.92 Å². The predicted octanol–water partition coefficient (Wildman–Crippen LogP) is -0.224. The molecule has 0 amide bonds. The number of aliphatic hydroxyl groups is 1. The molecule has 1 N–H and O–H groups in total. The summed E-state index contributed by atoms with van der Waals surface area (Å²) in [6.07, 6.45) is 1.04. The van der Waals surface area contributed by atoms with E-state index in [1.165, 1.54) is 6.20 Å². The molecule has 1 aliphatic heterocycles. The third-order valence-corrected chi connectivity index (χ3v) is 2.80. The third kappa shape index (κ3) is 2.05. The Morgan fingerprint density at radius 2 is 2.31 bits per heavy atom. The molecule has 0 aliphatic carbocycles. The van der Waals surface area contributed by atoms with Gasteiger partial charge < -0.3 is 15.2 Å². The van der Waals surface area contributed by atoms with E-state index in [9.17, 15) is 10.1 Å². The number of hydrogen-bond donors (Lipinski definition) is 1. The van der Waals surface area contributed by atoms with Crippen molar-refractivity contribution in [3.63, 3.8) is 0 Å². The SMILES string of the molecule is Cc1ncc([N+](=O)[O-])n1CCN1CC(O)C1. The molecule has 2 rings (SSSR count). The van der Waals surface area contributed by atoms with E-state index in [1.54, 1.807) is 11.5 Å². The lowest BCUT2D eigenvalue weighted by atomic mass is 10.2. The van der Waals surface area contributed by atoms with Crippen molar-refractivity contribution in [2.45, 2.75) is 19.6 Å². The number of aromatic nitrogens is 2. The maximum atomic E-state index is 10.7. The van der Waals surface area contributed by atoms with Gasteiger partial charge in [0.1, 0.15) is 12.7 Å². The van der Waals surface area contributed by atoms with Gasteiger partial charge in [-0.25, -0.2) is 9.55 Å². The summed E-state index contributed by atoms with van der Waals surface area (Å²) in [5.41, 5.74) is 0. The van der Waals surface area contributed by atoms with Crippen LogP contribution in [0.15, 0.2) is 6.20 Å². The molecule has 0 spiro atoms. The van der Waals surface area contributed by atoms with Crippen LogP contribution in [-0.4, -0.2) is 50.2 Å². The zero-order valence-electron chi connectivity index (χ0n) is 9.04. The molecule has 1 aliphatic rings. The number of rotatable bonds is 4. The lowest BCUT2D eigenvalue weighted by molar-refractivity contribution is -0.392. The maximum Gasteiger partial charge on any atom is 0.342 e. The lowest BCUT2D eigenvalue weighted by Crippen LogP contribution is -2.51. The van der Waals surface area contributed by atoms with E-state index in [2.05, 4.69) is 4.98 Å². The molecular weight excluding hydrogens is 212 g/mol. The van der Waals surface area contributed by atoms with E-state index in [0.29, 0.717) is 32.0 Å². The van der Waals surface area contributed by atoms with E-state index in [-0.39, 0.29) is 11.9 Å². The Hall–Kier alpha value is -1.47. The molecule has 2 heterocycles. The Balaban J connectivity index is 1.97. The van der Waals surface area contributed by atoms with Gasteiger partial charge in [-0.3, -0.25) is 4.90 Å². The van der Waals surface area contributed by atoms with Crippen molar-refractivity contribution in [2.75, 3.05) is 19.6 Å². The second-order valence-corrected chi connectivity index (χ2v) is 3.99. The topological polar surface area (TPSA) is 84.4 Å². The highest BCUT2D eigenvalue weighted by Crippen LogP contribution is 2.14. The number of imidazole rings is 1. The van der Waals surface area contributed by atoms with Gasteiger partial charge in [-0.2, -0.15) is 0 Å². The average Bonchev–Trinajstić information content (AvgIpc) is 2.53. The third-order valence-electron chi connectivity index (χ3n) is 2.80. The van der Waals surface area contributed by atoms with E-state index in [1.807, 2.05) is 4.90 Å². The molecule has 0 radical (unpaired) electrons. The molecule has 0 saturated carbocycles. The highest BCUT2D eigenvalue weighted by molar-refractivity contribution is 5.18. The standard InChI is InChI=1S/C9H14N4O3/c1-7-10-4-9(13(15)16)12(7)3-2-11-5-8(14)6-11/h4,8,14H,2-3,5-6H2,1H3. The average molecular weight is 226 g/mol. The Morgan fingerprint density at radius 3 is 2.88 bits per heavy atom. The number of nitro groups is 1. The van der Waals surface area contributed by atoms with E-state index in [0.717, 1.165) is 0 Å². The van der Waals surface area contributed by atoms with E-state index in [4.69, 9.17) is 5.11 Å². The Kier molecular flexibility index (Phi) is 2.88. The lowest BCUT2D eigenvalue weighted by Gasteiger charge is -2.35. The van der Waals surface area contributed by atoms with Gasteiger partial charge in [-0.1, -0.05) is 0 Å². The van der Waals surface area contributed by atoms with Crippen molar-refractivity contribution in [1.82, 2.24) is 14.5 Å². The summed E-state index contributed by atoms with van der Waals surface area (Å²) in [5.74, 6) is 0.673. The molecule has 1 aromatic heterocycles. The van der Waals surface area contributed by atoms with Crippen molar-refractivity contribution in [1.29, 1.82) is 0 Å². The summed E-state index contributed by atoms with van der Waals surface area (Å²) in [4.78, 5) is 16.3. The minimum atomic E-state index is -0.426. The van der Waals surface area contributed by atoms with Crippen LogP contribution in [-0.2, 0) is 6.54 Å². The van der Waals surface area contributed by atoms with Crippen molar-refractivity contribution in [3.05, 3.63) is 22.1 Å². The first-order valence-electron chi connectivity index (χ1n) is 5.15. The van der Waals surface area contributed by atoms with Gasteiger partial charge in [0.15, 0.2) is 5.82 Å². The Labute approximate surface area is 92.5 Å². The molecule has 0 atom stereocenters. The first-order valence-corrected chi connectivity index (χ1v) is 5.15. The molecule has 1 aromatic rings. The molecule has 16 heavy (non-hydrogen) atoms. The fourth-order valence-corrected chi connectivity index (χ4v) is 1.84. The minimum Gasteiger partial charge on any atom is -0.390 e. The maximum absolute atomic E-state index is 10.7. The predicted molar refractivity (Wildman–Crippen MR) is 56.1 cm³/mol. The zero-order valence-corrected chi connectivity index (χ0v) is 9.04. The largest absolute Gasteiger partial charge is 0.390 e. The van der Waals surface area contributed by atoms with Crippen molar-refractivity contribution in [3.8, 4) is 0 Å². The van der Waals surface area contributed by atoms with Crippen LogP contribution in [0.25, 0.3) is 0 Å². The van der Waals surface area contributed by atoms with Crippen molar-refractivity contribution in [2.24, 2.45) is 0 Å². The van der Waals surface area contributed by atoms with Gasteiger partial charge >= 0.3 is 5.82 Å². The number of β-amino-alcohol motifs (C(OH)–C–C–N with tert-alkyl or cyclic N) is 1. The van der Waals surface area contributed by atoms with Gasteiger partial charge in [0.2, 0.25) is 0 Å². The van der Waals surface area contributed by atoms with Crippen LogP contribution in [0.2, 0.25) is 0 Å². The summed E-state index contributed by atoms with van der Waals surface area (Å²) >= 11 is 0. The summed E-state index contributed by atoms with van der Waals surface area (Å²) < 4.78 is 1.59. The molecule has 0 aromatic carbocycles. The number of likely N-dealkylation sites (tertiary alicyclic amines) is 1. The first kappa shape index (κ1) is 11.0. The normalized spacial score (nSPS) is 17.4. The summed E-state index contributed by atoms with van der Waals surface area (Å²) in [5, 5.41) is 19.8. The molecular formula is C9H14N4O3. The summed E-state index contributed by atoms with van der Waals surface area (Å²) in [6.45, 7) is 4.30. The van der Waals surface area contributed by atoms with Crippen LogP contribution in [0.4, 0.5) is 5.82 Å². The molecule has 7 heteroatoms. The number of aryl methyl sites for hydroxylation is 1. The van der Waals surface area contributed by atoms with Crippen molar-refractivity contribution < 1.29 is 10.0 Å². The quantitative estimate of drug-likeness (QED) is 0.566. The minimum absolute atomic E-state index is 0.0265. The molecule has 7 nitrogen and oxygen atoms in total. The molecule has 88 valence electrons. The molecule has 1 fully saturated rings. The van der Waals surface area contributed by atoms with E-state index < -0.39 is 4.92 Å². The van der Waals surface area contributed by atoms with Crippen LogP contribution >= 0.6 is 0 Å². The number of nitrogens with zero attached hydrogens (tertiary/aromatic N) is 4. The number of hydrogen-bond acceptors (Lipinski definition) is 5. The smallest absolute Gasteiger partial charge is 0.342 e. The number of aliphatic hydroxyl groups excluding tert-OH is 1. The van der Waals surface area contributed by atoms with Crippen LogP contribution < -0.4 is 0 Å². The molecule has 1 saturated heterocycles. The second kappa shape index (κ2) is 4.18. The van der Waals surface area contributed by atoms with Gasteiger partial charge in [0.05, 0.1) is 6.10 Å². The van der Waals surface area contributed by atoms with Crippen molar-refractivity contribution >= 4 is 5.82 Å². The fourth-order valence-electron chi connectivity index (χ4n) is 1.84. The van der Waals surface area contributed by atoms with Crippen LogP contribution in [0.5, 0.6) is 0 Å². The summed E-state index contributed by atoms with van der Waals surface area (Å²) in [6, 6.07) is 0. The van der Waals surface area contributed by atoms with Gasteiger partial charge in [0, 0.05) is 26.6 Å². The van der Waals surface area contributed by atoms with E-state index >= 15 is 0 Å². The second-order valence-electron chi connectivity index (χ2n) is 3.99. The first-order chi connectivity index (χ1) is 7.58. The van der Waals surface area contributed by atoms with Crippen LogP contribution in [0.1, 0.15) is 5.82 Å². The summed E-state index contributed by atoms with van der Waals surface area (Å²) in [7, 11) is 0. The van der Waals surface area contributed by atoms with Gasteiger partial charge in [0.25, 0.3) is 0 Å². The molecule has 0 unspecified atom stereocenters. The molecule has 0 bridgehead atoms. The Morgan fingerprint density at radius 1 is 1.62 bits per heavy atom. The van der Waals surface area contributed by atoms with Crippen LogP contribution in [0, 0.1) is 17.0 Å². The fraction of sp³-hybridized carbons (Fsp3) is 0.667. The highest BCUT2D eigenvalue weighted by atomic mass is 16.6. The Bertz CT molecular complexity index is 397. The highest BCUT2D eigenvalue weighted by Gasteiger charge is 2.25.